The van der Waals surface area contributed by atoms with Crippen molar-refractivity contribution in [1.82, 2.24) is 10.2 Å². The third-order valence-electron chi connectivity index (χ3n) is 3.30. The van der Waals surface area contributed by atoms with Gasteiger partial charge in [-0.15, -0.1) is 0 Å². The molecule has 5 heteroatoms. The smallest absolute Gasteiger partial charge is 0.222 e. The predicted octanol–water partition coefficient (Wildman–Crippen LogP) is 2.58. The molecule has 2 rings (SSSR count). The lowest BCUT2D eigenvalue weighted by Gasteiger charge is -2.21. The van der Waals surface area contributed by atoms with Crippen LogP contribution in [0.1, 0.15) is 25.3 Å². The first-order valence-corrected chi connectivity index (χ1v) is 6.89. The number of amides is 1. The van der Waals surface area contributed by atoms with Crippen molar-refractivity contribution in [3.63, 3.8) is 0 Å². The Kier molecular flexibility index (Phi) is 4.77. The molecule has 104 valence electrons. The summed E-state index contributed by atoms with van der Waals surface area (Å²) in [7, 11) is 0. The van der Waals surface area contributed by atoms with E-state index in [1.54, 1.807) is 12.1 Å². The summed E-state index contributed by atoms with van der Waals surface area (Å²) in [5.41, 5.74) is 0.936. The second-order valence-corrected chi connectivity index (χ2v) is 5.38. The van der Waals surface area contributed by atoms with Gasteiger partial charge in [-0.3, -0.25) is 4.79 Å². The van der Waals surface area contributed by atoms with E-state index in [-0.39, 0.29) is 17.0 Å². The maximum absolute atomic E-state index is 13.0. The van der Waals surface area contributed by atoms with E-state index in [1.807, 2.05) is 11.8 Å². The number of nitrogens with one attached hydrogen (secondary N) is 1. The fourth-order valence-corrected chi connectivity index (χ4v) is 2.44. The minimum atomic E-state index is -0.402. The molecule has 0 spiro atoms. The quantitative estimate of drug-likeness (QED) is 0.901. The molecule has 19 heavy (non-hydrogen) atoms. The second kappa shape index (κ2) is 6.35. The van der Waals surface area contributed by atoms with Crippen molar-refractivity contribution in [2.45, 2.75) is 32.4 Å². The van der Waals surface area contributed by atoms with Crippen LogP contribution in [0.3, 0.4) is 0 Å². The Balaban J connectivity index is 1.81. The van der Waals surface area contributed by atoms with Crippen molar-refractivity contribution < 1.29 is 9.18 Å². The molecule has 0 aliphatic carbocycles. The molecule has 1 aliphatic rings. The topological polar surface area (TPSA) is 32.3 Å². The van der Waals surface area contributed by atoms with Crippen molar-refractivity contribution in [2.24, 2.45) is 0 Å². The van der Waals surface area contributed by atoms with Gasteiger partial charge in [0.1, 0.15) is 5.82 Å². The van der Waals surface area contributed by atoms with Gasteiger partial charge < -0.3 is 10.2 Å². The third kappa shape index (κ3) is 3.91. The molecular formula is C14H18ClFN2O. The van der Waals surface area contributed by atoms with Crippen LogP contribution in [0.25, 0.3) is 0 Å². The van der Waals surface area contributed by atoms with Crippen LogP contribution < -0.4 is 5.32 Å². The highest BCUT2D eigenvalue weighted by atomic mass is 35.5. The lowest BCUT2D eigenvalue weighted by atomic mass is 10.2. The predicted molar refractivity (Wildman–Crippen MR) is 73.5 cm³/mol. The number of carbonyl (C=O) groups is 1. The Morgan fingerprint density at radius 3 is 2.95 bits per heavy atom. The number of halogens is 2. The third-order valence-corrected chi connectivity index (χ3v) is 3.59. The van der Waals surface area contributed by atoms with Crippen molar-refractivity contribution >= 4 is 17.5 Å². The first-order chi connectivity index (χ1) is 9.06. The van der Waals surface area contributed by atoms with Gasteiger partial charge in [-0.05, 0) is 31.0 Å². The van der Waals surface area contributed by atoms with E-state index < -0.39 is 5.82 Å². The van der Waals surface area contributed by atoms with Crippen LogP contribution in [0.4, 0.5) is 4.39 Å². The lowest BCUT2D eigenvalue weighted by molar-refractivity contribution is -0.127. The van der Waals surface area contributed by atoms with Gasteiger partial charge in [0.15, 0.2) is 0 Å². The molecule has 1 aliphatic heterocycles. The Morgan fingerprint density at radius 1 is 1.53 bits per heavy atom. The van der Waals surface area contributed by atoms with Gasteiger partial charge >= 0.3 is 0 Å². The van der Waals surface area contributed by atoms with Crippen LogP contribution >= 0.6 is 11.6 Å². The van der Waals surface area contributed by atoms with E-state index in [2.05, 4.69) is 5.32 Å². The molecule has 1 amide bonds. The highest BCUT2D eigenvalue weighted by Gasteiger charge is 2.21. The summed E-state index contributed by atoms with van der Waals surface area (Å²) >= 11 is 5.73. The van der Waals surface area contributed by atoms with E-state index in [1.165, 1.54) is 6.07 Å². The van der Waals surface area contributed by atoms with E-state index in [9.17, 15) is 9.18 Å². The van der Waals surface area contributed by atoms with Gasteiger partial charge in [-0.2, -0.15) is 0 Å². The molecule has 0 aromatic heterocycles. The minimum Gasteiger partial charge on any atom is -0.341 e. The monoisotopic (exact) mass is 284 g/mol. The van der Waals surface area contributed by atoms with E-state index in [4.69, 9.17) is 11.6 Å². The number of likely N-dealkylation sites (tertiary alicyclic amines) is 1. The summed E-state index contributed by atoms with van der Waals surface area (Å²) in [5.74, 6) is -0.167. The van der Waals surface area contributed by atoms with Gasteiger partial charge in [0, 0.05) is 32.1 Å². The average molecular weight is 285 g/mol. The van der Waals surface area contributed by atoms with Crippen molar-refractivity contribution in [1.29, 1.82) is 0 Å². The van der Waals surface area contributed by atoms with Crippen LogP contribution in [0.5, 0.6) is 0 Å². The van der Waals surface area contributed by atoms with Gasteiger partial charge in [-0.25, -0.2) is 4.39 Å². The summed E-state index contributed by atoms with van der Waals surface area (Å²) < 4.78 is 13.0. The maximum Gasteiger partial charge on any atom is 0.222 e. The Labute approximate surface area is 117 Å². The van der Waals surface area contributed by atoms with Crippen molar-refractivity contribution in [2.75, 3.05) is 13.1 Å². The zero-order chi connectivity index (χ0) is 13.8. The van der Waals surface area contributed by atoms with E-state index in [0.717, 1.165) is 18.5 Å². The number of nitrogens with zero attached hydrogens (tertiary/aromatic N) is 1. The Bertz CT molecular complexity index is 467. The summed E-state index contributed by atoms with van der Waals surface area (Å²) in [5, 5.41) is 3.46. The lowest BCUT2D eigenvalue weighted by Crippen LogP contribution is -2.39. The summed E-state index contributed by atoms with van der Waals surface area (Å²) in [4.78, 5) is 13.4. The van der Waals surface area contributed by atoms with Crippen LogP contribution in [-0.2, 0) is 11.3 Å². The number of hydrogen-bond donors (Lipinski definition) is 1. The molecule has 1 aromatic rings. The zero-order valence-corrected chi connectivity index (χ0v) is 11.7. The van der Waals surface area contributed by atoms with E-state index >= 15 is 0 Å². The molecule has 1 atom stereocenters. The van der Waals surface area contributed by atoms with Crippen LogP contribution in [0, 0.1) is 5.82 Å². The molecule has 0 saturated carbocycles. The highest BCUT2D eigenvalue weighted by molar-refractivity contribution is 6.30. The second-order valence-electron chi connectivity index (χ2n) is 4.97. The summed E-state index contributed by atoms with van der Waals surface area (Å²) in [6, 6.07) is 4.90. The first kappa shape index (κ1) is 14.3. The molecule has 0 bridgehead atoms. The molecule has 0 radical (unpaired) electrons. The molecular weight excluding hydrogens is 267 g/mol. The summed E-state index contributed by atoms with van der Waals surface area (Å²) in [6.07, 6.45) is 1.62. The zero-order valence-electron chi connectivity index (χ0n) is 11.0. The fraction of sp³-hybridized carbons (Fsp3) is 0.500. The van der Waals surface area contributed by atoms with Crippen molar-refractivity contribution in [3.8, 4) is 0 Å². The van der Waals surface area contributed by atoms with Gasteiger partial charge in [0.05, 0.1) is 5.02 Å². The van der Waals surface area contributed by atoms with Crippen LogP contribution in [-0.4, -0.2) is 29.9 Å². The van der Waals surface area contributed by atoms with Gasteiger partial charge in [-0.1, -0.05) is 17.7 Å². The normalized spacial score (nSPS) is 17.0. The standard InChI is InChI=1S/C14H18ClFN2O/c1-10(9-18-6-2-3-14(18)19)17-8-11-4-5-13(16)12(15)7-11/h4-5,7,10,17H,2-3,6,8-9H2,1H3. The molecule has 1 aromatic carbocycles. The van der Waals surface area contributed by atoms with Gasteiger partial charge in [0.2, 0.25) is 5.91 Å². The van der Waals surface area contributed by atoms with Crippen LogP contribution in [0.2, 0.25) is 5.02 Å². The number of rotatable bonds is 5. The Hall–Kier alpha value is -1.13. The van der Waals surface area contributed by atoms with Crippen LogP contribution in [0.15, 0.2) is 18.2 Å². The number of hydrogen-bond acceptors (Lipinski definition) is 2. The SMILES string of the molecule is CC(CN1CCCC1=O)NCc1ccc(F)c(Cl)c1. The molecule has 1 unspecified atom stereocenters. The summed E-state index contributed by atoms with van der Waals surface area (Å²) in [6.45, 7) is 4.22. The number of benzene rings is 1. The molecule has 3 nitrogen and oxygen atoms in total. The fourth-order valence-electron chi connectivity index (χ4n) is 2.23. The average Bonchev–Trinajstić information content (AvgIpc) is 2.77. The van der Waals surface area contributed by atoms with Gasteiger partial charge in [0.25, 0.3) is 0 Å². The molecule has 1 heterocycles. The van der Waals surface area contributed by atoms with Crippen molar-refractivity contribution in [3.05, 3.63) is 34.6 Å². The Morgan fingerprint density at radius 2 is 2.32 bits per heavy atom. The minimum absolute atomic E-state index is 0.140. The molecule has 1 fully saturated rings. The van der Waals surface area contributed by atoms with E-state index in [0.29, 0.717) is 19.5 Å². The number of carbonyl (C=O) groups excluding carboxylic acids is 1. The highest BCUT2D eigenvalue weighted by Crippen LogP contribution is 2.16. The largest absolute Gasteiger partial charge is 0.341 e. The molecule has 1 saturated heterocycles. The molecule has 1 N–H and O–H groups in total. The first-order valence-electron chi connectivity index (χ1n) is 6.51. The maximum atomic E-state index is 13.0.